The van der Waals surface area contributed by atoms with Crippen molar-refractivity contribution in [1.82, 2.24) is 19.9 Å². The summed E-state index contributed by atoms with van der Waals surface area (Å²) >= 11 is 0. The third-order valence-electron chi connectivity index (χ3n) is 5.12. The molecule has 1 aliphatic rings. The van der Waals surface area contributed by atoms with E-state index in [-0.39, 0.29) is 36.2 Å². The lowest BCUT2D eigenvalue weighted by molar-refractivity contribution is -0.141. The Morgan fingerprint density at radius 2 is 1.72 bits per heavy atom. The predicted octanol–water partition coefficient (Wildman–Crippen LogP) is 4.05. The number of alkyl halides is 3. The molecule has 1 aliphatic heterocycles. The molecule has 0 bridgehead atoms. The number of carbonyl (C=O) groups excluding carboxylic acids is 1. The molecular formula is C22H19F4N5O. The van der Waals surface area contributed by atoms with Crippen LogP contribution in [0.4, 0.5) is 23.4 Å². The van der Waals surface area contributed by atoms with Crippen LogP contribution in [0.25, 0.3) is 11.4 Å². The monoisotopic (exact) mass is 445 g/mol. The summed E-state index contributed by atoms with van der Waals surface area (Å²) in [6.07, 6.45) is -1.19. The lowest BCUT2D eigenvalue weighted by Crippen LogP contribution is -2.35. The molecule has 0 spiro atoms. The zero-order valence-electron chi connectivity index (χ0n) is 16.9. The van der Waals surface area contributed by atoms with E-state index in [1.165, 1.54) is 36.7 Å². The number of anilines is 1. The maximum atomic E-state index is 13.5. The van der Waals surface area contributed by atoms with E-state index < -0.39 is 17.7 Å². The average Bonchev–Trinajstić information content (AvgIpc) is 3.05. The summed E-state index contributed by atoms with van der Waals surface area (Å²) < 4.78 is 54.0. The molecule has 1 saturated heterocycles. The quantitative estimate of drug-likeness (QED) is 0.570. The van der Waals surface area contributed by atoms with Crippen LogP contribution in [-0.2, 0) is 6.18 Å². The van der Waals surface area contributed by atoms with Crippen LogP contribution in [0.3, 0.4) is 0 Å². The first kappa shape index (κ1) is 21.7. The topological polar surface area (TPSA) is 62.2 Å². The maximum absolute atomic E-state index is 13.5. The molecule has 0 atom stereocenters. The lowest BCUT2D eigenvalue weighted by atomic mass is 10.2. The average molecular weight is 445 g/mol. The summed E-state index contributed by atoms with van der Waals surface area (Å²) in [5.41, 5.74) is -0.379. The summed E-state index contributed by atoms with van der Waals surface area (Å²) in [7, 11) is 0. The number of benzene rings is 1. The third-order valence-corrected chi connectivity index (χ3v) is 5.12. The summed E-state index contributed by atoms with van der Waals surface area (Å²) in [6.45, 7) is 1.37. The van der Waals surface area contributed by atoms with Gasteiger partial charge < -0.3 is 9.80 Å². The smallest absolute Gasteiger partial charge is 0.355 e. The highest BCUT2D eigenvalue weighted by Gasteiger charge is 2.34. The van der Waals surface area contributed by atoms with Crippen molar-refractivity contribution < 1.29 is 22.4 Å². The van der Waals surface area contributed by atoms with Crippen molar-refractivity contribution in [3.8, 4) is 11.4 Å². The summed E-state index contributed by atoms with van der Waals surface area (Å²) in [5.74, 6) is -0.729. The number of hydrogen-bond donors (Lipinski definition) is 0. The van der Waals surface area contributed by atoms with Gasteiger partial charge in [-0.15, -0.1) is 0 Å². The maximum Gasteiger partial charge on any atom is 0.433 e. The second kappa shape index (κ2) is 8.89. The highest BCUT2D eigenvalue weighted by atomic mass is 19.4. The molecule has 10 heteroatoms. The Bertz CT molecular complexity index is 1110. The molecule has 166 valence electrons. The van der Waals surface area contributed by atoms with Gasteiger partial charge in [-0.2, -0.15) is 13.2 Å². The lowest BCUT2D eigenvalue weighted by Gasteiger charge is -2.24. The van der Waals surface area contributed by atoms with E-state index in [2.05, 4.69) is 15.0 Å². The second-order valence-electron chi connectivity index (χ2n) is 7.31. The van der Waals surface area contributed by atoms with E-state index in [1.807, 2.05) is 0 Å². The fraction of sp³-hybridized carbons (Fsp3) is 0.273. The molecular weight excluding hydrogens is 426 g/mol. The van der Waals surface area contributed by atoms with Crippen molar-refractivity contribution in [3.05, 3.63) is 71.9 Å². The third kappa shape index (κ3) is 4.84. The molecule has 0 unspecified atom stereocenters. The normalized spacial score (nSPS) is 14.9. The van der Waals surface area contributed by atoms with Gasteiger partial charge in [0.1, 0.15) is 11.6 Å². The van der Waals surface area contributed by atoms with Crippen LogP contribution in [0.2, 0.25) is 0 Å². The largest absolute Gasteiger partial charge is 0.433 e. The van der Waals surface area contributed by atoms with Gasteiger partial charge in [0.15, 0.2) is 11.5 Å². The van der Waals surface area contributed by atoms with E-state index in [0.717, 1.165) is 6.07 Å². The molecule has 0 aliphatic carbocycles. The number of amides is 1. The Labute approximate surface area is 181 Å². The first-order valence-corrected chi connectivity index (χ1v) is 9.98. The van der Waals surface area contributed by atoms with Gasteiger partial charge in [0.05, 0.1) is 0 Å². The number of nitrogens with zero attached hydrogens (tertiary/aromatic N) is 5. The number of rotatable bonds is 3. The standard InChI is InChI=1S/C22H19F4N5O/c23-17-4-1-3-16(13-17)21(32)31-10-2-9-30(11-12-31)19-14-18(22(24,25)26)28-20(29-19)15-5-7-27-8-6-15/h1,3-8,13-14H,2,9-12H2. The van der Waals surface area contributed by atoms with Crippen molar-refractivity contribution >= 4 is 11.7 Å². The predicted molar refractivity (Wildman–Crippen MR) is 109 cm³/mol. The Morgan fingerprint density at radius 3 is 2.44 bits per heavy atom. The molecule has 1 amide bonds. The molecule has 4 rings (SSSR count). The highest BCUT2D eigenvalue weighted by Crippen LogP contribution is 2.32. The van der Waals surface area contributed by atoms with E-state index in [0.29, 0.717) is 25.1 Å². The zero-order chi connectivity index (χ0) is 22.7. The van der Waals surface area contributed by atoms with E-state index >= 15 is 0 Å². The van der Waals surface area contributed by atoms with Gasteiger partial charge in [-0.25, -0.2) is 14.4 Å². The SMILES string of the molecule is O=C(c1cccc(F)c1)N1CCCN(c2cc(C(F)(F)F)nc(-c3ccncc3)n2)CC1. The van der Waals surface area contributed by atoms with Gasteiger partial charge in [-0.1, -0.05) is 6.07 Å². The van der Waals surface area contributed by atoms with E-state index in [4.69, 9.17) is 0 Å². The molecule has 1 aromatic carbocycles. The minimum Gasteiger partial charge on any atom is -0.355 e. The van der Waals surface area contributed by atoms with E-state index in [9.17, 15) is 22.4 Å². The van der Waals surface area contributed by atoms with Crippen molar-refractivity contribution in [2.45, 2.75) is 12.6 Å². The van der Waals surface area contributed by atoms with Crippen LogP contribution in [0, 0.1) is 5.82 Å². The summed E-state index contributed by atoms with van der Waals surface area (Å²) in [5, 5.41) is 0. The van der Waals surface area contributed by atoms with Gasteiger partial charge in [0, 0.05) is 55.8 Å². The minimum absolute atomic E-state index is 0.0471. The number of halogens is 4. The van der Waals surface area contributed by atoms with Gasteiger partial charge in [0.2, 0.25) is 0 Å². The number of pyridine rings is 1. The van der Waals surface area contributed by atoms with Gasteiger partial charge in [0.25, 0.3) is 5.91 Å². The van der Waals surface area contributed by atoms with Gasteiger partial charge in [-0.05, 0) is 36.8 Å². The Balaban J connectivity index is 1.59. The number of carbonyl (C=O) groups is 1. The van der Waals surface area contributed by atoms with Gasteiger partial charge >= 0.3 is 6.18 Å². The molecule has 32 heavy (non-hydrogen) atoms. The highest BCUT2D eigenvalue weighted by molar-refractivity contribution is 5.94. The van der Waals surface area contributed by atoms with Crippen LogP contribution < -0.4 is 4.90 Å². The Hall–Kier alpha value is -3.56. The molecule has 0 saturated carbocycles. The Morgan fingerprint density at radius 1 is 0.938 bits per heavy atom. The zero-order valence-corrected chi connectivity index (χ0v) is 16.9. The fourth-order valence-corrected chi connectivity index (χ4v) is 3.53. The van der Waals surface area contributed by atoms with Crippen LogP contribution in [-0.4, -0.2) is 51.9 Å². The minimum atomic E-state index is -4.63. The molecule has 1 fully saturated rings. The molecule has 6 nitrogen and oxygen atoms in total. The molecule has 3 heterocycles. The molecule has 0 radical (unpaired) electrons. The number of aromatic nitrogens is 3. The van der Waals surface area contributed by atoms with Crippen molar-refractivity contribution in [2.24, 2.45) is 0 Å². The first-order valence-electron chi connectivity index (χ1n) is 9.98. The number of hydrogen-bond acceptors (Lipinski definition) is 5. The Kier molecular flexibility index (Phi) is 6.02. The van der Waals surface area contributed by atoms with E-state index in [1.54, 1.807) is 21.9 Å². The van der Waals surface area contributed by atoms with Gasteiger partial charge in [-0.3, -0.25) is 9.78 Å². The first-order chi connectivity index (χ1) is 15.3. The fourth-order valence-electron chi connectivity index (χ4n) is 3.53. The van der Waals surface area contributed by atoms with Crippen LogP contribution >= 0.6 is 0 Å². The van der Waals surface area contributed by atoms with Crippen molar-refractivity contribution in [2.75, 3.05) is 31.1 Å². The van der Waals surface area contributed by atoms with Crippen molar-refractivity contribution in [1.29, 1.82) is 0 Å². The van der Waals surface area contributed by atoms with Crippen LogP contribution in [0.1, 0.15) is 22.5 Å². The molecule has 0 N–H and O–H groups in total. The molecule has 2 aromatic heterocycles. The van der Waals surface area contributed by atoms with Crippen LogP contribution in [0.5, 0.6) is 0 Å². The summed E-state index contributed by atoms with van der Waals surface area (Å²) in [4.78, 5) is 27.9. The van der Waals surface area contributed by atoms with Crippen LogP contribution in [0.15, 0.2) is 54.9 Å². The second-order valence-corrected chi connectivity index (χ2v) is 7.31. The molecule has 3 aromatic rings. The summed E-state index contributed by atoms with van der Waals surface area (Å²) in [6, 6.07) is 9.44. The van der Waals surface area contributed by atoms with Crippen molar-refractivity contribution in [3.63, 3.8) is 0 Å².